The number of rotatable bonds is 1. The minimum Gasteiger partial charge on any atom is -0.435 e. The molecule has 94 valence electrons. The van der Waals surface area contributed by atoms with E-state index in [2.05, 4.69) is 19.9 Å². The van der Waals surface area contributed by atoms with Crippen LogP contribution in [-0.4, -0.2) is 27.2 Å². The van der Waals surface area contributed by atoms with E-state index in [1.54, 1.807) is 18.5 Å². The van der Waals surface area contributed by atoms with E-state index in [1.807, 2.05) is 0 Å². The van der Waals surface area contributed by atoms with Gasteiger partial charge in [-0.2, -0.15) is 0 Å². The molecule has 0 amide bonds. The summed E-state index contributed by atoms with van der Waals surface area (Å²) in [5.74, 6) is -0.0840. The summed E-state index contributed by atoms with van der Waals surface area (Å²) in [6, 6.07) is 4.64. The number of imidazole rings is 1. The molecule has 1 aliphatic rings. The third-order valence-electron chi connectivity index (χ3n) is 3.15. The zero-order valence-corrected chi connectivity index (χ0v) is 9.85. The third kappa shape index (κ3) is 1.49. The topological polar surface area (TPSA) is 67.1 Å². The standard InChI is InChI=1S/C13H9FN4O/c14-7-2-1-3-9-10(7)18-13(19-9)12-11-8(4-5-15-12)16-6-17-11/h1-3,6H,4-5H2,(H,16,17). The van der Waals surface area contributed by atoms with Gasteiger partial charge in [0.25, 0.3) is 0 Å². The number of H-pyrrole nitrogens is 1. The first-order chi connectivity index (χ1) is 9.33. The summed E-state index contributed by atoms with van der Waals surface area (Å²) in [7, 11) is 0. The second kappa shape index (κ2) is 3.74. The van der Waals surface area contributed by atoms with E-state index in [1.165, 1.54) is 6.07 Å². The maximum absolute atomic E-state index is 13.6. The lowest BCUT2D eigenvalue weighted by atomic mass is 10.1. The van der Waals surface area contributed by atoms with Gasteiger partial charge in [-0.1, -0.05) is 6.07 Å². The first kappa shape index (κ1) is 10.4. The number of para-hydroxylation sites is 1. The smallest absolute Gasteiger partial charge is 0.248 e. The van der Waals surface area contributed by atoms with Crippen molar-refractivity contribution >= 4 is 16.8 Å². The largest absolute Gasteiger partial charge is 0.435 e. The van der Waals surface area contributed by atoms with Crippen molar-refractivity contribution in [3.05, 3.63) is 47.6 Å². The summed E-state index contributed by atoms with van der Waals surface area (Å²) >= 11 is 0. The van der Waals surface area contributed by atoms with E-state index in [0.717, 1.165) is 17.8 Å². The molecule has 1 aliphatic heterocycles. The van der Waals surface area contributed by atoms with Crippen molar-refractivity contribution in [2.75, 3.05) is 6.54 Å². The van der Waals surface area contributed by atoms with Gasteiger partial charge in [0.2, 0.25) is 5.89 Å². The van der Waals surface area contributed by atoms with Crippen LogP contribution in [0.3, 0.4) is 0 Å². The molecule has 0 aliphatic carbocycles. The molecule has 0 fully saturated rings. The molecule has 0 atom stereocenters. The van der Waals surface area contributed by atoms with Crippen LogP contribution in [0.15, 0.2) is 33.9 Å². The monoisotopic (exact) mass is 256 g/mol. The van der Waals surface area contributed by atoms with Gasteiger partial charge in [-0.3, -0.25) is 4.99 Å². The average molecular weight is 256 g/mol. The van der Waals surface area contributed by atoms with Crippen molar-refractivity contribution < 1.29 is 8.81 Å². The summed E-state index contributed by atoms with van der Waals surface area (Å²) in [5.41, 5.74) is 2.97. The first-order valence-corrected chi connectivity index (χ1v) is 5.95. The maximum Gasteiger partial charge on any atom is 0.248 e. The molecule has 6 heteroatoms. The molecule has 5 nitrogen and oxygen atoms in total. The van der Waals surface area contributed by atoms with E-state index in [-0.39, 0.29) is 5.52 Å². The van der Waals surface area contributed by atoms with Gasteiger partial charge in [-0.05, 0) is 12.1 Å². The molecular formula is C13H9FN4O. The number of aliphatic imine (C=N–C) groups is 1. The fraction of sp³-hybridized carbons (Fsp3) is 0.154. The van der Waals surface area contributed by atoms with Crippen LogP contribution in [-0.2, 0) is 6.42 Å². The van der Waals surface area contributed by atoms with Gasteiger partial charge >= 0.3 is 0 Å². The normalized spacial score (nSPS) is 14.5. The van der Waals surface area contributed by atoms with Crippen LogP contribution in [0.4, 0.5) is 4.39 Å². The summed E-state index contributed by atoms with van der Waals surface area (Å²) < 4.78 is 19.2. The molecule has 19 heavy (non-hydrogen) atoms. The lowest BCUT2D eigenvalue weighted by molar-refractivity contribution is 0.588. The van der Waals surface area contributed by atoms with Crippen LogP contribution in [0.2, 0.25) is 0 Å². The highest BCUT2D eigenvalue weighted by molar-refractivity contribution is 6.10. The summed E-state index contributed by atoms with van der Waals surface area (Å²) in [6.07, 6.45) is 2.43. The van der Waals surface area contributed by atoms with Crippen LogP contribution >= 0.6 is 0 Å². The third-order valence-corrected chi connectivity index (χ3v) is 3.15. The van der Waals surface area contributed by atoms with Gasteiger partial charge in [-0.25, -0.2) is 14.4 Å². The SMILES string of the molecule is Fc1cccc2oc(C3=NCCc4[nH]cnc43)nc12. The Bertz CT molecular complexity index is 802. The Labute approximate surface area is 107 Å². The second-order valence-corrected chi connectivity index (χ2v) is 4.32. The van der Waals surface area contributed by atoms with E-state index in [4.69, 9.17) is 4.42 Å². The molecule has 0 saturated heterocycles. The van der Waals surface area contributed by atoms with Gasteiger partial charge in [0.05, 0.1) is 6.33 Å². The molecule has 2 aromatic heterocycles. The van der Waals surface area contributed by atoms with Crippen LogP contribution in [0.25, 0.3) is 11.1 Å². The minimum absolute atomic E-state index is 0.225. The second-order valence-electron chi connectivity index (χ2n) is 4.32. The van der Waals surface area contributed by atoms with E-state index in [0.29, 0.717) is 23.7 Å². The summed E-state index contributed by atoms with van der Waals surface area (Å²) in [4.78, 5) is 15.9. The minimum atomic E-state index is -0.397. The van der Waals surface area contributed by atoms with Crippen molar-refractivity contribution in [3.63, 3.8) is 0 Å². The van der Waals surface area contributed by atoms with E-state index in [9.17, 15) is 4.39 Å². The van der Waals surface area contributed by atoms with Crippen molar-refractivity contribution in [2.45, 2.75) is 6.42 Å². The predicted molar refractivity (Wildman–Crippen MR) is 66.8 cm³/mol. The number of aromatic amines is 1. The first-order valence-electron chi connectivity index (χ1n) is 5.95. The number of nitrogens with zero attached hydrogens (tertiary/aromatic N) is 3. The van der Waals surface area contributed by atoms with Gasteiger partial charge in [0.1, 0.15) is 16.9 Å². The fourth-order valence-electron chi connectivity index (χ4n) is 2.26. The highest BCUT2D eigenvalue weighted by Gasteiger charge is 2.23. The molecule has 3 aromatic rings. The molecule has 0 unspecified atom stereocenters. The molecule has 3 heterocycles. The Morgan fingerprint density at radius 3 is 3.16 bits per heavy atom. The fourth-order valence-corrected chi connectivity index (χ4v) is 2.26. The number of benzene rings is 1. The van der Waals surface area contributed by atoms with Crippen LogP contribution < -0.4 is 0 Å². The van der Waals surface area contributed by atoms with Crippen LogP contribution in [0.5, 0.6) is 0 Å². The zero-order valence-electron chi connectivity index (χ0n) is 9.85. The summed E-state index contributed by atoms with van der Waals surface area (Å²) in [5, 5.41) is 0. The number of hydrogen-bond donors (Lipinski definition) is 1. The lowest BCUT2D eigenvalue weighted by Gasteiger charge is -2.08. The van der Waals surface area contributed by atoms with Crippen molar-refractivity contribution in [1.82, 2.24) is 15.0 Å². The molecule has 0 bridgehead atoms. The Morgan fingerprint density at radius 1 is 1.32 bits per heavy atom. The quantitative estimate of drug-likeness (QED) is 0.724. The van der Waals surface area contributed by atoms with Gasteiger partial charge < -0.3 is 9.40 Å². The number of oxazole rings is 1. The molecule has 0 saturated carbocycles. The zero-order chi connectivity index (χ0) is 12.8. The molecule has 1 aromatic carbocycles. The highest BCUT2D eigenvalue weighted by Crippen LogP contribution is 2.22. The van der Waals surface area contributed by atoms with E-state index >= 15 is 0 Å². The van der Waals surface area contributed by atoms with Gasteiger partial charge in [0, 0.05) is 18.7 Å². The molecule has 4 rings (SSSR count). The van der Waals surface area contributed by atoms with Crippen LogP contribution in [0, 0.1) is 5.82 Å². The highest BCUT2D eigenvalue weighted by atomic mass is 19.1. The number of halogens is 1. The van der Waals surface area contributed by atoms with Crippen LogP contribution in [0.1, 0.15) is 17.3 Å². The molecule has 0 spiro atoms. The number of nitrogens with one attached hydrogen (secondary N) is 1. The Kier molecular flexibility index (Phi) is 2.05. The van der Waals surface area contributed by atoms with Crippen molar-refractivity contribution in [1.29, 1.82) is 0 Å². The predicted octanol–water partition coefficient (Wildman–Crippen LogP) is 2.08. The molecular weight excluding hydrogens is 247 g/mol. The van der Waals surface area contributed by atoms with Crippen molar-refractivity contribution in [3.8, 4) is 0 Å². The number of fused-ring (bicyclic) bond motifs is 2. The Morgan fingerprint density at radius 2 is 2.26 bits per heavy atom. The number of aromatic nitrogens is 3. The number of hydrogen-bond acceptors (Lipinski definition) is 4. The van der Waals surface area contributed by atoms with Crippen molar-refractivity contribution in [2.24, 2.45) is 4.99 Å². The Hall–Kier alpha value is -2.50. The van der Waals surface area contributed by atoms with Gasteiger partial charge in [0.15, 0.2) is 11.4 Å². The average Bonchev–Trinajstić information content (AvgIpc) is 3.05. The summed E-state index contributed by atoms with van der Waals surface area (Å²) in [6.45, 7) is 0.645. The molecule has 0 radical (unpaired) electrons. The lowest BCUT2D eigenvalue weighted by Crippen LogP contribution is -2.14. The Balaban J connectivity index is 1.92. The van der Waals surface area contributed by atoms with Gasteiger partial charge in [-0.15, -0.1) is 0 Å². The van der Waals surface area contributed by atoms with E-state index < -0.39 is 5.82 Å². The molecule has 1 N–H and O–H groups in total. The maximum atomic E-state index is 13.6.